The van der Waals surface area contributed by atoms with Crippen molar-refractivity contribution in [1.82, 2.24) is 5.32 Å². The molecular weight excluding hydrogens is 414 g/mol. The van der Waals surface area contributed by atoms with Crippen LogP contribution in [0.5, 0.6) is 0 Å². The Morgan fingerprint density at radius 3 is 2.30 bits per heavy atom. The first-order chi connectivity index (χ1) is 15.7. The van der Waals surface area contributed by atoms with Crippen LogP contribution >= 0.6 is 0 Å². The van der Waals surface area contributed by atoms with Crippen molar-refractivity contribution in [1.29, 1.82) is 0 Å². The molecule has 0 amide bonds. The van der Waals surface area contributed by atoms with Crippen LogP contribution in [0, 0.1) is 0 Å². The summed E-state index contributed by atoms with van der Waals surface area (Å²) in [7, 11) is 0. The van der Waals surface area contributed by atoms with Gasteiger partial charge in [-0.2, -0.15) is 0 Å². The number of allylic oxidation sites excluding steroid dienone is 2. The fourth-order valence-corrected chi connectivity index (χ4v) is 2.98. The lowest BCUT2D eigenvalue weighted by atomic mass is 10.0. The van der Waals surface area contributed by atoms with E-state index in [2.05, 4.69) is 48.2 Å². The van der Waals surface area contributed by atoms with Gasteiger partial charge in [0.1, 0.15) is 5.70 Å². The number of rotatable bonds is 10. The van der Waals surface area contributed by atoms with Gasteiger partial charge in [0.15, 0.2) is 6.29 Å². The first kappa shape index (κ1) is 27.4. The van der Waals surface area contributed by atoms with Gasteiger partial charge in [0.25, 0.3) is 0 Å². The summed E-state index contributed by atoms with van der Waals surface area (Å²) in [4.78, 5) is 27.0. The fraction of sp³-hybridized carbons (Fsp3) is 0.296. The number of aldehydes is 1. The van der Waals surface area contributed by atoms with Crippen LogP contribution in [0.15, 0.2) is 77.3 Å². The highest BCUT2D eigenvalue weighted by molar-refractivity contribution is 5.90. The molecule has 3 N–H and O–H groups in total. The quantitative estimate of drug-likeness (QED) is 0.230. The van der Waals surface area contributed by atoms with Gasteiger partial charge in [-0.05, 0) is 55.2 Å². The lowest BCUT2D eigenvalue weighted by Gasteiger charge is -2.15. The number of carboxylic acids is 1. The maximum Gasteiger partial charge on any atom is 0.335 e. The lowest BCUT2D eigenvalue weighted by molar-refractivity contribution is -0.105. The SMILES string of the molecule is C=C(N/C(C)=C(\C=O)N=C(C)Cc1ccc(C(=O)O)cc1)Nc1cccc(C(C)C)c1.CC. The van der Waals surface area contributed by atoms with Gasteiger partial charge in [0, 0.05) is 23.5 Å². The Morgan fingerprint density at radius 2 is 1.76 bits per heavy atom. The van der Waals surface area contributed by atoms with Crippen LogP contribution in [-0.4, -0.2) is 23.1 Å². The number of hydrogen-bond acceptors (Lipinski definition) is 5. The first-order valence-corrected chi connectivity index (χ1v) is 11.0. The molecule has 2 aromatic carbocycles. The Bertz CT molecular complexity index is 1020. The van der Waals surface area contributed by atoms with Gasteiger partial charge in [-0.3, -0.25) is 9.79 Å². The van der Waals surface area contributed by atoms with E-state index >= 15 is 0 Å². The highest BCUT2D eigenvalue weighted by Gasteiger charge is 2.06. The Morgan fingerprint density at radius 1 is 1.12 bits per heavy atom. The molecule has 0 radical (unpaired) electrons. The topological polar surface area (TPSA) is 90.8 Å². The Labute approximate surface area is 197 Å². The van der Waals surface area contributed by atoms with Crippen molar-refractivity contribution in [2.45, 2.75) is 53.9 Å². The molecule has 0 aromatic heterocycles. The molecule has 0 spiro atoms. The molecule has 0 saturated carbocycles. The molecule has 0 aliphatic carbocycles. The molecule has 0 saturated heterocycles. The monoisotopic (exact) mass is 449 g/mol. The van der Waals surface area contributed by atoms with E-state index in [0.29, 0.717) is 30.1 Å². The van der Waals surface area contributed by atoms with Gasteiger partial charge in [0.05, 0.1) is 11.4 Å². The summed E-state index contributed by atoms with van der Waals surface area (Å²) in [6.07, 6.45) is 1.21. The third-order valence-electron chi connectivity index (χ3n) is 4.65. The van der Waals surface area contributed by atoms with E-state index in [-0.39, 0.29) is 11.3 Å². The second-order valence-corrected chi connectivity index (χ2v) is 7.66. The Balaban J connectivity index is 0.00000265. The van der Waals surface area contributed by atoms with Crippen LogP contribution in [-0.2, 0) is 11.2 Å². The standard InChI is InChI=1S/C25H29N3O3.C2H6/c1-16(2)22-7-6-8-23(14-22)28-19(5)27-18(4)24(15-29)26-17(3)13-20-9-11-21(12-10-20)25(30)31;1-2/h6-12,14-16,27-28H,5,13H2,1-4H3,(H,30,31);1-2H3/b24-18+,26-17?;. The van der Waals surface area contributed by atoms with E-state index in [4.69, 9.17) is 5.11 Å². The van der Waals surface area contributed by atoms with Gasteiger partial charge in [-0.1, -0.05) is 58.5 Å². The molecule has 6 heteroatoms. The second kappa shape index (κ2) is 13.7. The average molecular weight is 450 g/mol. The normalized spacial score (nSPS) is 11.7. The Hall–Kier alpha value is -3.67. The van der Waals surface area contributed by atoms with Gasteiger partial charge in [0.2, 0.25) is 0 Å². The second-order valence-electron chi connectivity index (χ2n) is 7.66. The summed E-state index contributed by atoms with van der Waals surface area (Å²) < 4.78 is 0. The molecule has 6 nitrogen and oxygen atoms in total. The molecule has 0 unspecified atom stereocenters. The van der Waals surface area contributed by atoms with Gasteiger partial charge >= 0.3 is 5.97 Å². The van der Waals surface area contributed by atoms with Crippen LogP contribution in [0.25, 0.3) is 0 Å². The van der Waals surface area contributed by atoms with E-state index in [0.717, 1.165) is 17.0 Å². The van der Waals surface area contributed by atoms with Crippen LogP contribution in [0.1, 0.15) is 68.9 Å². The molecule has 0 heterocycles. The molecule has 2 aromatic rings. The molecule has 176 valence electrons. The largest absolute Gasteiger partial charge is 0.478 e. The molecule has 0 aliphatic heterocycles. The number of aliphatic imine (C=N–C) groups is 1. The summed E-state index contributed by atoms with van der Waals surface area (Å²) in [5, 5.41) is 15.3. The lowest BCUT2D eigenvalue weighted by Crippen LogP contribution is -2.18. The zero-order valence-corrected chi connectivity index (χ0v) is 20.4. The van der Waals surface area contributed by atoms with Crippen molar-refractivity contribution in [2.24, 2.45) is 4.99 Å². The van der Waals surface area contributed by atoms with E-state index in [1.807, 2.05) is 32.9 Å². The van der Waals surface area contributed by atoms with E-state index < -0.39 is 5.97 Å². The average Bonchev–Trinajstić information content (AvgIpc) is 2.79. The van der Waals surface area contributed by atoms with Gasteiger partial charge < -0.3 is 15.7 Å². The van der Waals surface area contributed by atoms with Crippen molar-refractivity contribution in [3.05, 3.63) is 89.0 Å². The summed E-state index contributed by atoms with van der Waals surface area (Å²) in [6, 6.07) is 14.7. The summed E-state index contributed by atoms with van der Waals surface area (Å²) >= 11 is 0. The van der Waals surface area contributed by atoms with Crippen molar-refractivity contribution in [3.63, 3.8) is 0 Å². The predicted molar refractivity (Wildman–Crippen MR) is 137 cm³/mol. The fourth-order valence-electron chi connectivity index (χ4n) is 2.98. The number of carbonyl (C=O) groups is 2. The van der Waals surface area contributed by atoms with Crippen molar-refractivity contribution >= 4 is 23.7 Å². The summed E-state index contributed by atoms with van der Waals surface area (Å²) in [5.41, 5.74) is 4.86. The number of nitrogens with one attached hydrogen (secondary N) is 2. The number of carboxylic acid groups (broad SMARTS) is 1. The van der Waals surface area contributed by atoms with Crippen molar-refractivity contribution in [2.75, 3.05) is 5.32 Å². The van der Waals surface area contributed by atoms with Gasteiger partial charge in [-0.25, -0.2) is 4.79 Å². The van der Waals surface area contributed by atoms with Crippen LogP contribution in [0.4, 0.5) is 5.69 Å². The number of aromatic carboxylic acids is 1. The van der Waals surface area contributed by atoms with Crippen LogP contribution in [0.3, 0.4) is 0 Å². The maximum absolute atomic E-state index is 11.6. The minimum Gasteiger partial charge on any atom is -0.478 e. The highest BCUT2D eigenvalue weighted by atomic mass is 16.4. The molecule has 2 rings (SSSR count). The van der Waals surface area contributed by atoms with Gasteiger partial charge in [-0.15, -0.1) is 0 Å². The third kappa shape index (κ3) is 9.15. The number of benzene rings is 2. The third-order valence-corrected chi connectivity index (χ3v) is 4.65. The smallest absolute Gasteiger partial charge is 0.335 e. The number of nitrogens with zero attached hydrogens (tertiary/aromatic N) is 1. The van der Waals surface area contributed by atoms with Crippen molar-refractivity contribution < 1.29 is 14.7 Å². The number of anilines is 1. The summed E-state index contributed by atoms with van der Waals surface area (Å²) in [6.45, 7) is 15.8. The molecule has 33 heavy (non-hydrogen) atoms. The molecule has 0 aliphatic rings. The minimum atomic E-state index is -0.963. The highest BCUT2D eigenvalue weighted by Crippen LogP contribution is 2.19. The number of carbonyl (C=O) groups excluding carboxylic acids is 1. The van der Waals surface area contributed by atoms with Crippen molar-refractivity contribution in [3.8, 4) is 0 Å². The summed E-state index contributed by atoms with van der Waals surface area (Å²) in [5.74, 6) is -0.00614. The zero-order chi connectivity index (χ0) is 25.0. The molecular formula is C27H35N3O3. The van der Waals surface area contributed by atoms with E-state index in [1.54, 1.807) is 31.2 Å². The molecule has 0 atom stereocenters. The van der Waals surface area contributed by atoms with Crippen LogP contribution in [0.2, 0.25) is 0 Å². The maximum atomic E-state index is 11.6. The first-order valence-electron chi connectivity index (χ1n) is 11.0. The van der Waals surface area contributed by atoms with E-state index in [1.165, 1.54) is 5.56 Å². The predicted octanol–water partition coefficient (Wildman–Crippen LogP) is 6.14. The number of hydrogen-bond donors (Lipinski definition) is 3. The van der Waals surface area contributed by atoms with Crippen LogP contribution < -0.4 is 10.6 Å². The zero-order valence-electron chi connectivity index (χ0n) is 20.4. The minimum absolute atomic E-state index is 0.233. The van der Waals surface area contributed by atoms with E-state index in [9.17, 15) is 9.59 Å². The Kier molecular flexibility index (Phi) is 11.3. The molecule has 0 bridgehead atoms. The molecule has 0 fully saturated rings.